The lowest BCUT2D eigenvalue weighted by molar-refractivity contribution is -0.120. The number of nitrogens with zero attached hydrogens (tertiary/aromatic N) is 1. The molecule has 2 heterocycles. The van der Waals surface area contributed by atoms with Gasteiger partial charge in [0.1, 0.15) is 5.78 Å². The Balaban J connectivity index is 1.38. The zero-order chi connectivity index (χ0) is 19.1. The number of Topliss-reactive ketones (excluding diaryl/α,β-unsaturated/α-hetero) is 1. The Morgan fingerprint density at radius 2 is 1.79 bits per heavy atom. The first kappa shape index (κ1) is 17.0. The van der Waals surface area contributed by atoms with Gasteiger partial charge in [-0.1, -0.05) is 42.0 Å². The van der Waals surface area contributed by atoms with Gasteiger partial charge in [-0.05, 0) is 49.6 Å². The second kappa shape index (κ2) is 6.48. The van der Waals surface area contributed by atoms with Crippen LogP contribution in [0.15, 0.2) is 60.7 Å². The highest BCUT2D eigenvalue weighted by Gasteiger charge is 2.50. The topological polar surface area (TPSA) is 48.4 Å². The summed E-state index contributed by atoms with van der Waals surface area (Å²) in [7, 11) is 0. The van der Waals surface area contributed by atoms with E-state index in [1.165, 1.54) is 5.56 Å². The number of ether oxygens (including phenoxy) is 2. The van der Waals surface area contributed by atoms with Gasteiger partial charge in [-0.3, -0.25) is 9.78 Å². The van der Waals surface area contributed by atoms with Gasteiger partial charge in [0.05, 0.1) is 11.1 Å². The molecule has 0 saturated heterocycles. The summed E-state index contributed by atoms with van der Waals surface area (Å²) in [6.45, 7) is 2.31. The van der Waals surface area contributed by atoms with Crippen LogP contribution in [0.2, 0.25) is 0 Å². The minimum Gasteiger partial charge on any atom is -0.454 e. The maximum absolute atomic E-state index is 13.2. The number of pyridine rings is 1. The number of benzene rings is 2. The Morgan fingerprint density at radius 3 is 2.57 bits per heavy atom. The normalized spacial score (nSPS) is 16.0. The van der Waals surface area contributed by atoms with E-state index in [1.54, 1.807) is 0 Å². The predicted molar refractivity (Wildman–Crippen MR) is 107 cm³/mol. The summed E-state index contributed by atoms with van der Waals surface area (Å²) >= 11 is 0. The minimum absolute atomic E-state index is 0.222. The van der Waals surface area contributed by atoms with Crippen LogP contribution in [0.25, 0.3) is 11.3 Å². The number of carbonyl (C=O) groups is 1. The van der Waals surface area contributed by atoms with Crippen LogP contribution in [0.4, 0.5) is 0 Å². The molecule has 0 unspecified atom stereocenters. The highest BCUT2D eigenvalue weighted by atomic mass is 16.7. The highest BCUT2D eigenvalue weighted by Crippen LogP contribution is 2.51. The molecule has 1 aliphatic carbocycles. The van der Waals surface area contributed by atoms with Crippen LogP contribution < -0.4 is 9.47 Å². The molecule has 28 heavy (non-hydrogen) atoms. The van der Waals surface area contributed by atoms with E-state index in [4.69, 9.17) is 14.5 Å². The molecular formula is C24H21NO3. The summed E-state index contributed by atoms with van der Waals surface area (Å²) < 4.78 is 10.9. The second-order valence-corrected chi connectivity index (χ2v) is 7.63. The van der Waals surface area contributed by atoms with Crippen LogP contribution in [-0.2, 0) is 16.6 Å². The lowest BCUT2D eigenvalue weighted by atomic mass is 9.88. The van der Waals surface area contributed by atoms with Gasteiger partial charge in [-0.15, -0.1) is 0 Å². The van der Waals surface area contributed by atoms with Crippen molar-refractivity contribution < 1.29 is 14.3 Å². The molecule has 1 aliphatic heterocycles. The van der Waals surface area contributed by atoms with Crippen LogP contribution in [0, 0.1) is 6.92 Å². The van der Waals surface area contributed by atoms with Crippen LogP contribution in [0.1, 0.15) is 29.7 Å². The Hall–Kier alpha value is -3.14. The van der Waals surface area contributed by atoms with E-state index in [2.05, 4.69) is 31.2 Å². The first-order valence-electron chi connectivity index (χ1n) is 9.60. The summed E-state index contributed by atoms with van der Waals surface area (Å²) in [5, 5.41) is 0. The molecule has 0 N–H and O–H groups in total. The maximum atomic E-state index is 13.2. The lowest BCUT2D eigenvalue weighted by Gasteiger charge is -2.15. The monoisotopic (exact) mass is 371 g/mol. The summed E-state index contributed by atoms with van der Waals surface area (Å²) in [5.41, 5.74) is 4.62. The molecule has 0 radical (unpaired) electrons. The van der Waals surface area contributed by atoms with Crippen LogP contribution in [0.3, 0.4) is 0 Å². The molecule has 0 bridgehead atoms. The van der Waals surface area contributed by atoms with Gasteiger partial charge in [0, 0.05) is 17.7 Å². The standard InChI is InChI=1S/C24H21NO3/c1-16-5-7-17(8-6-16)20-4-2-3-19(25-20)14-23(26)24(11-12-24)18-9-10-21-22(13-18)28-15-27-21/h2-10,13H,11-12,14-15H2,1H3. The summed E-state index contributed by atoms with van der Waals surface area (Å²) in [6.07, 6.45) is 2.10. The third kappa shape index (κ3) is 2.95. The van der Waals surface area contributed by atoms with Crippen molar-refractivity contribution in [2.24, 2.45) is 0 Å². The highest BCUT2D eigenvalue weighted by molar-refractivity contribution is 5.94. The van der Waals surface area contributed by atoms with Gasteiger partial charge in [0.25, 0.3) is 0 Å². The third-order valence-electron chi connectivity index (χ3n) is 5.70. The smallest absolute Gasteiger partial charge is 0.231 e. The molecule has 0 amide bonds. The quantitative estimate of drug-likeness (QED) is 0.656. The zero-order valence-electron chi connectivity index (χ0n) is 15.8. The first-order valence-corrected chi connectivity index (χ1v) is 9.60. The van der Waals surface area contributed by atoms with Crippen molar-refractivity contribution in [2.45, 2.75) is 31.6 Å². The summed E-state index contributed by atoms with van der Waals surface area (Å²) in [6, 6.07) is 20.1. The molecule has 0 atom stereocenters. The van der Waals surface area contributed by atoms with Crippen LogP contribution in [0.5, 0.6) is 11.5 Å². The van der Waals surface area contributed by atoms with Gasteiger partial charge in [0.15, 0.2) is 11.5 Å². The van der Waals surface area contributed by atoms with Crippen LogP contribution in [-0.4, -0.2) is 17.6 Å². The molecule has 2 aromatic carbocycles. The fraction of sp³-hybridized carbons (Fsp3) is 0.250. The summed E-state index contributed by atoms with van der Waals surface area (Å²) in [5.74, 6) is 1.70. The van der Waals surface area contributed by atoms with Crippen molar-refractivity contribution in [3.63, 3.8) is 0 Å². The van der Waals surface area contributed by atoms with Crippen molar-refractivity contribution in [1.29, 1.82) is 0 Å². The average molecular weight is 371 g/mol. The zero-order valence-corrected chi connectivity index (χ0v) is 15.8. The summed E-state index contributed by atoms with van der Waals surface area (Å²) in [4.78, 5) is 17.9. The van der Waals surface area contributed by atoms with Crippen molar-refractivity contribution in [2.75, 3.05) is 6.79 Å². The molecule has 4 nitrogen and oxygen atoms in total. The number of aromatic nitrogens is 1. The Bertz CT molecular complexity index is 1050. The van der Waals surface area contributed by atoms with Gasteiger partial charge < -0.3 is 9.47 Å². The SMILES string of the molecule is Cc1ccc(-c2cccc(CC(=O)C3(c4ccc5c(c4)OCO5)CC3)n2)cc1. The number of carbonyl (C=O) groups excluding carboxylic acids is 1. The van der Waals surface area contributed by atoms with Crippen molar-refractivity contribution in [3.8, 4) is 22.8 Å². The molecule has 5 rings (SSSR count). The number of aryl methyl sites for hydroxylation is 1. The van der Waals surface area contributed by atoms with Crippen LogP contribution >= 0.6 is 0 Å². The average Bonchev–Trinajstić information content (AvgIpc) is 3.40. The number of rotatable bonds is 5. The number of fused-ring (bicyclic) bond motifs is 1. The Morgan fingerprint density at radius 1 is 1.00 bits per heavy atom. The molecule has 140 valence electrons. The number of ketones is 1. The largest absolute Gasteiger partial charge is 0.454 e. The van der Waals surface area contributed by atoms with E-state index in [-0.39, 0.29) is 12.6 Å². The van der Waals surface area contributed by atoms with E-state index >= 15 is 0 Å². The number of hydrogen-bond donors (Lipinski definition) is 0. The van der Waals surface area contributed by atoms with E-state index in [1.807, 2.05) is 36.4 Å². The second-order valence-electron chi connectivity index (χ2n) is 7.63. The molecule has 0 spiro atoms. The fourth-order valence-corrected chi connectivity index (χ4v) is 3.84. The molecule has 4 heteroatoms. The number of hydrogen-bond acceptors (Lipinski definition) is 4. The predicted octanol–water partition coefficient (Wildman–Crippen LogP) is 4.63. The van der Waals surface area contributed by atoms with E-state index in [0.717, 1.165) is 46.9 Å². The Labute approximate surface area is 164 Å². The lowest BCUT2D eigenvalue weighted by Crippen LogP contribution is -2.23. The minimum atomic E-state index is -0.400. The molecule has 1 fully saturated rings. The molecule has 1 aromatic heterocycles. The molecule has 2 aliphatic rings. The van der Waals surface area contributed by atoms with E-state index in [0.29, 0.717) is 6.42 Å². The van der Waals surface area contributed by atoms with Gasteiger partial charge in [-0.25, -0.2) is 0 Å². The Kier molecular flexibility index (Phi) is 3.93. The van der Waals surface area contributed by atoms with Crippen molar-refractivity contribution >= 4 is 5.78 Å². The van der Waals surface area contributed by atoms with E-state index in [9.17, 15) is 4.79 Å². The van der Waals surface area contributed by atoms with Gasteiger partial charge in [-0.2, -0.15) is 0 Å². The first-order chi connectivity index (χ1) is 13.6. The van der Waals surface area contributed by atoms with Crippen molar-refractivity contribution in [3.05, 3.63) is 77.5 Å². The molecule has 3 aromatic rings. The maximum Gasteiger partial charge on any atom is 0.231 e. The van der Waals surface area contributed by atoms with Crippen molar-refractivity contribution in [1.82, 2.24) is 4.98 Å². The molecule has 1 saturated carbocycles. The van der Waals surface area contributed by atoms with Gasteiger partial charge >= 0.3 is 0 Å². The third-order valence-corrected chi connectivity index (χ3v) is 5.70. The van der Waals surface area contributed by atoms with E-state index < -0.39 is 5.41 Å². The molecular weight excluding hydrogens is 350 g/mol. The fourth-order valence-electron chi connectivity index (χ4n) is 3.84. The van der Waals surface area contributed by atoms with Gasteiger partial charge in [0.2, 0.25) is 6.79 Å².